The van der Waals surface area contributed by atoms with Crippen molar-refractivity contribution in [3.8, 4) is 11.3 Å². The van der Waals surface area contributed by atoms with Crippen LogP contribution >= 0.6 is 0 Å². The highest BCUT2D eigenvalue weighted by Gasteiger charge is 2.19. The Morgan fingerprint density at radius 3 is 2.64 bits per heavy atom. The smallest absolute Gasteiger partial charge is 0.159 e. The minimum atomic E-state index is -1.39. The Balaban J connectivity index is 2.40. The number of nitrogens with one attached hydrogen (secondary N) is 1. The van der Waals surface area contributed by atoms with Crippen molar-refractivity contribution >= 4 is 16.7 Å². The van der Waals surface area contributed by atoms with Crippen LogP contribution in [0.2, 0.25) is 0 Å². The maximum atomic E-state index is 14.5. The van der Waals surface area contributed by atoms with E-state index in [-0.39, 0.29) is 23.0 Å². The molecule has 1 heterocycles. The van der Waals surface area contributed by atoms with Crippen LogP contribution in [0.15, 0.2) is 24.4 Å². The summed E-state index contributed by atoms with van der Waals surface area (Å²) in [5.74, 6) is -1.08. The van der Waals surface area contributed by atoms with Gasteiger partial charge in [0.25, 0.3) is 0 Å². The topological polar surface area (TPSA) is 46.9 Å². The first-order valence-corrected chi connectivity index (χ1v) is 8.44. The third-order valence-electron chi connectivity index (χ3n) is 3.10. The number of hydrogen-bond acceptors (Lipinski definition) is 2. The summed E-state index contributed by atoms with van der Waals surface area (Å²) in [5.41, 5.74) is 0.0220. The average Bonchev–Trinajstić information content (AvgIpc) is 2.92. The zero-order chi connectivity index (χ0) is 16.3. The fourth-order valence-electron chi connectivity index (χ4n) is 1.98. The summed E-state index contributed by atoms with van der Waals surface area (Å²) >= 11 is 0. The molecule has 1 atom stereocenters. The fourth-order valence-corrected chi connectivity index (χ4v) is 2.86. The van der Waals surface area contributed by atoms with Crippen LogP contribution in [0.25, 0.3) is 11.3 Å². The van der Waals surface area contributed by atoms with Gasteiger partial charge >= 0.3 is 0 Å². The van der Waals surface area contributed by atoms with Crippen molar-refractivity contribution in [1.82, 2.24) is 9.78 Å². The van der Waals surface area contributed by atoms with E-state index in [2.05, 4.69) is 9.82 Å². The molecule has 0 amide bonds. The monoisotopic (exact) mass is 327 g/mol. The van der Waals surface area contributed by atoms with Crippen LogP contribution < -0.4 is 4.72 Å². The van der Waals surface area contributed by atoms with Crippen LogP contribution in [0.5, 0.6) is 0 Å². The zero-order valence-electron chi connectivity index (χ0n) is 12.8. The van der Waals surface area contributed by atoms with Crippen molar-refractivity contribution in [2.45, 2.75) is 33.2 Å². The lowest BCUT2D eigenvalue weighted by atomic mass is 10.1. The molecule has 1 unspecified atom stereocenters. The molecule has 1 N–H and O–H groups in total. The summed E-state index contributed by atoms with van der Waals surface area (Å²) in [6.07, 6.45) is 2.38. The third kappa shape index (κ3) is 3.52. The second-order valence-electron chi connectivity index (χ2n) is 5.21. The number of aromatic nitrogens is 2. The number of rotatable bonds is 6. The van der Waals surface area contributed by atoms with Crippen LogP contribution in [-0.2, 0) is 11.0 Å². The summed E-state index contributed by atoms with van der Waals surface area (Å²) in [7, 11) is -1.39. The van der Waals surface area contributed by atoms with E-state index >= 15 is 0 Å². The molecule has 120 valence electrons. The predicted octanol–water partition coefficient (Wildman–Crippen LogP) is 3.89. The van der Waals surface area contributed by atoms with Crippen molar-refractivity contribution in [2.75, 3.05) is 10.5 Å². The molecule has 0 aliphatic rings. The van der Waals surface area contributed by atoms with Crippen LogP contribution in [0.4, 0.5) is 14.5 Å². The average molecular weight is 327 g/mol. The number of benzene rings is 1. The predicted molar refractivity (Wildman–Crippen MR) is 84.9 cm³/mol. The number of halogens is 2. The Bertz CT molecular complexity index is 685. The summed E-state index contributed by atoms with van der Waals surface area (Å²) in [4.78, 5) is 0. The maximum Gasteiger partial charge on any atom is 0.159 e. The van der Waals surface area contributed by atoms with Crippen molar-refractivity contribution < 1.29 is 13.0 Å². The molecule has 0 aliphatic heterocycles. The Labute approximate surface area is 131 Å². The quantitative estimate of drug-likeness (QED) is 0.875. The number of anilines is 1. The second kappa shape index (κ2) is 7.00. The van der Waals surface area contributed by atoms with Gasteiger partial charge in [0.05, 0.1) is 16.9 Å². The van der Waals surface area contributed by atoms with Gasteiger partial charge in [0, 0.05) is 18.0 Å². The number of nitrogens with zero attached hydrogens (tertiary/aromatic N) is 2. The van der Waals surface area contributed by atoms with E-state index in [1.165, 1.54) is 6.07 Å². The van der Waals surface area contributed by atoms with Gasteiger partial charge in [-0.15, -0.1) is 0 Å². The second-order valence-corrected chi connectivity index (χ2v) is 6.51. The van der Waals surface area contributed by atoms with Crippen molar-refractivity contribution in [3.05, 3.63) is 36.0 Å². The molecular weight excluding hydrogens is 308 g/mol. The zero-order valence-corrected chi connectivity index (χ0v) is 13.6. The lowest BCUT2D eigenvalue weighted by Crippen LogP contribution is -2.10. The van der Waals surface area contributed by atoms with Gasteiger partial charge in [-0.3, -0.25) is 4.68 Å². The molecule has 1 aromatic heterocycles. The van der Waals surface area contributed by atoms with Crippen LogP contribution in [0.3, 0.4) is 0 Å². The molecule has 0 spiro atoms. The molecule has 0 saturated carbocycles. The largest absolute Gasteiger partial charge is 0.302 e. The van der Waals surface area contributed by atoms with Crippen molar-refractivity contribution in [1.29, 1.82) is 0 Å². The van der Waals surface area contributed by atoms with E-state index in [1.807, 2.05) is 20.8 Å². The highest BCUT2D eigenvalue weighted by molar-refractivity contribution is 7.86. The van der Waals surface area contributed by atoms with Gasteiger partial charge in [-0.05, 0) is 38.5 Å². The van der Waals surface area contributed by atoms with E-state index in [9.17, 15) is 13.0 Å². The molecule has 7 heteroatoms. The van der Waals surface area contributed by atoms with E-state index in [1.54, 1.807) is 16.9 Å². The van der Waals surface area contributed by atoms with Gasteiger partial charge < -0.3 is 4.72 Å². The molecule has 0 fully saturated rings. The molecule has 0 aliphatic carbocycles. The lowest BCUT2D eigenvalue weighted by molar-refractivity contribution is 0.531. The van der Waals surface area contributed by atoms with Crippen LogP contribution in [0.1, 0.15) is 33.2 Å². The molecule has 0 radical (unpaired) electrons. The maximum absolute atomic E-state index is 14.5. The van der Waals surface area contributed by atoms with Crippen molar-refractivity contribution in [2.24, 2.45) is 0 Å². The highest BCUT2D eigenvalue weighted by Crippen LogP contribution is 2.30. The normalized spacial score (nSPS) is 12.6. The molecule has 2 aromatic rings. The van der Waals surface area contributed by atoms with Crippen molar-refractivity contribution in [3.63, 3.8) is 0 Å². The Morgan fingerprint density at radius 2 is 2.05 bits per heavy atom. The van der Waals surface area contributed by atoms with E-state index < -0.39 is 22.6 Å². The third-order valence-corrected chi connectivity index (χ3v) is 4.32. The minimum absolute atomic E-state index is 0.0160. The molecular formula is C15H19F2N3OS. The molecule has 0 bridgehead atoms. The Hall–Kier alpha value is -1.76. The van der Waals surface area contributed by atoms with Gasteiger partial charge in [-0.25, -0.2) is 13.0 Å². The molecule has 1 aromatic carbocycles. The first-order chi connectivity index (χ1) is 10.4. The fraction of sp³-hybridized carbons (Fsp3) is 0.400. The molecule has 22 heavy (non-hydrogen) atoms. The summed E-state index contributed by atoms with van der Waals surface area (Å²) in [6, 6.07) is 4.06. The van der Waals surface area contributed by atoms with Gasteiger partial charge in [0.15, 0.2) is 5.82 Å². The minimum Gasteiger partial charge on any atom is -0.302 e. The van der Waals surface area contributed by atoms with Crippen LogP contribution in [0, 0.1) is 11.6 Å². The standard InChI is InChI=1S/C15H19F2N3OS/c1-4-9-22(21)19-13-6-5-11(16)14(15(13)17)12-7-8-20(18-12)10(2)3/h5-8,10,19H,4,9H2,1-3H3. The van der Waals surface area contributed by atoms with Gasteiger partial charge in [0.1, 0.15) is 16.8 Å². The van der Waals surface area contributed by atoms with Gasteiger partial charge in [-0.1, -0.05) is 6.92 Å². The molecule has 0 saturated heterocycles. The SMILES string of the molecule is CCCS(=O)Nc1ccc(F)c(-c2ccn(C(C)C)n2)c1F. The number of hydrogen-bond donors (Lipinski definition) is 1. The first kappa shape index (κ1) is 16.6. The van der Waals surface area contributed by atoms with Gasteiger partial charge in [-0.2, -0.15) is 5.10 Å². The summed E-state index contributed by atoms with van der Waals surface area (Å²) in [6.45, 7) is 5.73. The highest BCUT2D eigenvalue weighted by atomic mass is 32.2. The Morgan fingerprint density at radius 1 is 1.32 bits per heavy atom. The van der Waals surface area contributed by atoms with E-state index in [0.29, 0.717) is 12.2 Å². The van der Waals surface area contributed by atoms with E-state index in [4.69, 9.17) is 0 Å². The van der Waals surface area contributed by atoms with E-state index in [0.717, 1.165) is 6.07 Å². The molecule has 2 rings (SSSR count). The lowest BCUT2D eigenvalue weighted by Gasteiger charge is -2.10. The Kier molecular flexibility index (Phi) is 5.28. The van der Waals surface area contributed by atoms with Crippen LogP contribution in [-0.4, -0.2) is 19.7 Å². The first-order valence-electron chi connectivity index (χ1n) is 7.12. The summed E-state index contributed by atoms with van der Waals surface area (Å²) in [5, 5.41) is 4.19. The molecule has 4 nitrogen and oxygen atoms in total. The van der Waals surface area contributed by atoms with Gasteiger partial charge in [0.2, 0.25) is 0 Å². The summed E-state index contributed by atoms with van der Waals surface area (Å²) < 4.78 is 44.5.